The minimum absolute atomic E-state index is 0.187. The summed E-state index contributed by atoms with van der Waals surface area (Å²) in [4.78, 5) is 24.6. The molecule has 2 saturated heterocycles. The molecule has 6 aliphatic rings. The van der Waals surface area contributed by atoms with Crippen molar-refractivity contribution in [2.75, 3.05) is 31.6 Å². The van der Waals surface area contributed by atoms with Crippen molar-refractivity contribution in [2.45, 2.75) is 37.6 Å². The van der Waals surface area contributed by atoms with E-state index in [0.29, 0.717) is 23.7 Å². The topological polar surface area (TPSA) is 67.3 Å². The van der Waals surface area contributed by atoms with Crippen LogP contribution in [0.4, 0.5) is 5.95 Å². The first-order valence-electron chi connectivity index (χ1n) is 9.78. The average Bonchev–Trinajstić information content (AvgIpc) is 3.57. The molecule has 6 nitrogen and oxygen atoms in total. The zero-order valence-corrected chi connectivity index (χ0v) is 14.4. The fourth-order valence-electron chi connectivity index (χ4n) is 5.19. The Morgan fingerprint density at radius 1 is 1.24 bits per heavy atom. The molecule has 1 aromatic heterocycles. The maximum absolute atomic E-state index is 13.0. The summed E-state index contributed by atoms with van der Waals surface area (Å²) in [6.07, 6.45) is 6.83. The fourth-order valence-corrected chi connectivity index (χ4v) is 5.19. The highest BCUT2D eigenvalue weighted by Gasteiger charge is 2.60. The molecule has 4 fully saturated rings. The van der Waals surface area contributed by atoms with Gasteiger partial charge in [-0.3, -0.25) is 4.79 Å². The van der Waals surface area contributed by atoms with Crippen LogP contribution < -0.4 is 5.32 Å². The van der Waals surface area contributed by atoms with E-state index in [2.05, 4.69) is 15.2 Å². The predicted molar refractivity (Wildman–Crippen MR) is 91.0 cm³/mol. The summed E-state index contributed by atoms with van der Waals surface area (Å²) in [6.45, 7) is 3.38. The second-order valence-electron chi connectivity index (χ2n) is 8.53. The summed E-state index contributed by atoms with van der Waals surface area (Å²) in [7, 11) is 0. The van der Waals surface area contributed by atoms with Gasteiger partial charge in [0.1, 0.15) is 0 Å². The summed E-state index contributed by atoms with van der Waals surface area (Å²) >= 11 is 0. The van der Waals surface area contributed by atoms with Crippen LogP contribution in [0.2, 0.25) is 0 Å². The number of piperidine rings is 1. The van der Waals surface area contributed by atoms with E-state index in [4.69, 9.17) is 9.72 Å². The van der Waals surface area contributed by atoms with Crippen LogP contribution in [0.3, 0.4) is 0 Å². The molecule has 3 unspecified atom stereocenters. The van der Waals surface area contributed by atoms with Gasteiger partial charge in [0, 0.05) is 36.7 Å². The lowest BCUT2D eigenvalue weighted by atomic mass is 9.78. The lowest BCUT2D eigenvalue weighted by Crippen LogP contribution is -2.47. The summed E-state index contributed by atoms with van der Waals surface area (Å²) in [5.41, 5.74) is 2.38. The maximum Gasteiger partial charge on any atom is 0.226 e. The molecule has 0 aromatic carbocycles. The van der Waals surface area contributed by atoms with Gasteiger partial charge in [-0.1, -0.05) is 0 Å². The van der Waals surface area contributed by atoms with Crippen LogP contribution >= 0.6 is 0 Å². The third-order valence-electron chi connectivity index (χ3n) is 6.94. The number of carbonyl (C=O) groups is 1. The molecule has 7 rings (SSSR count). The van der Waals surface area contributed by atoms with E-state index in [-0.39, 0.29) is 12.0 Å². The van der Waals surface area contributed by atoms with Gasteiger partial charge in [-0.05, 0) is 43.4 Å². The van der Waals surface area contributed by atoms with Gasteiger partial charge < -0.3 is 15.0 Å². The number of rotatable bonds is 4. The number of hydrogen-bond donors (Lipinski definition) is 1. The number of nitrogens with one attached hydrogen (secondary N) is 1. The SMILES string of the molecule is O=C(C1[C@H]2COC[C@@H]12)N1CC2CCC1c1cnc(NCC3CC3)nc12. The lowest BCUT2D eigenvalue weighted by Gasteiger charge is -2.46. The summed E-state index contributed by atoms with van der Waals surface area (Å²) in [5, 5.41) is 3.39. The number of carbonyl (C=O) groups excluding carboxylic acids is 1. The van der Waals surface area contributed by atoms with E-state index >= 15 is 0 Å². The largest absolute Gasteiger partial charge is 0.381 e. The van der Waals surface area contributed by atoms with Gasteiger partial charge in [0.05, 0.1) is 24.9 Å². The number of anilines is 1. The molecular formula is C19H24N4O2. The van der Waals surface area contributed by atoms with Crippen LogP contribution in [0.5, 0.6) is 0 Å². The lowest BCUT2D eigenvalue weighted by molar-refractivity contribution is -0.139. The van der Waals surface area contributed by atoms with Crippen molar-refractivity contribution in [3.8, 4) is 0 Å². The minimum Gasteiger partial charge on any atom is -0.381 e. The standard InChI is InChI=1S/C19H24N4O2/c24-18(16-13-8-25-9-14(13)16)23-7-11-3-4-15(23)12-6-21-19(22-17(11)12)20-5-10-1-2-10/h6,10-11,13-16H,1-5,7-9H2,(H,20,21,22)/t11?,13-,14+,15?,16?. The van der Waals surface area contributed by atoms with E-state index in [1.54, 1.807) is 0 Å². The zero-order valence-electron chi connectivity index (χ0n) is 14.4. The Balaban J connectivity index is 1.23. The van der Waals surface area contributed by atoms with Gasteiger partial charge in [-0.15, -0.1) is 0 Å². The van der Waals surface area contributed by atoms with E-state index in [1.165, 1.54) is 24.1 Å². The Hall–Kier alpha value is -1.69. The molecule has 4 heterocycles. The molecule has 1 amide bonds. The number of ether oxygens (including phenoxy) is 1. The Labute approximate surface area is 147 Å². The van der Waals surface area contributed by atoms with Crippen LogP contribution in [0.15, 0.2) is 6.20 Å². The van der Waals surface area contributed by atoms with Crippen molar-refractivity contribution in [3.63, 3.8) is 0 Å². The second-order valence-corrected chi connectivity index (χ2v) is 8.53. The molecule has 5 atom stereocenters. The molecule has 3 aliphatic heterocycles. The number of aromatic nitrogens is 2. The molecule has 132 valence electrons. The third-order valence-corrected chi connectivity index (χ3v) is 6.94. The average molecular weight is 340 g/mol. The van der Waals surface area contributed by atoms with E-state index in [1.807, 2.05) is 6.20 Å². The summed E-state index contributed by atoms with van der Waals surface area (Å²) in [6, 6.07) is 0.187. The van der Waals surface area contributed by atoms with Crippen LogP contribution in [0.25, 0.3) is 0 Å². The molecule has 6 heteroatoms. The van der Waals surface area contributed by atoms with Gasteiger partial charge in [0.2, 0.25) is 11.9 Å². The van der Waals surface area contributed by atoms with Crippen molar-refractivity contribution in [1.82, 2.24) is 14.9 Å². The molecule has 1 N–H and O–H groups in total. The van der Waals surface area contributed by atoms with Crippen molar-refractivity contribution in [2.24, 2.45) is 23.7 Å². The number of amides is 1. The molecule has 25 heavy (non-hydrogen) atoms. The monoisotopic (exact) mass is 340 g/mol. The normalized spacial score (nSPS) is 37.6. The van der Waals surface area contributed by atoms with Gasteiger partial charge >= 0.3 is 0 Å². The molecule has 0 radical (unpaired) electrons. The first kappa shape index (κ1) is 14.5. The maximum atomic E-state index is 13.0. The molecule has 1 aromatic rings. The van der Waals surface area contributed by atoms with Crippen LogP contribution in [0.1, 0.15) is 48.9 Å². The van der Waals surface area contributed by atoms with E-state index < -0.39 is 0 Å². The molecule has 2 saturated carbocycles. The predicted octanol–water partition coefficient (Wildman–Crippen LogP) is 1.95. The third kappa shape index (κ3) is 2.23. The molecular weight excluding hydrogens is 316 g/mol. The Morgan fingerprint density at radius 3 is 2.88 bits per heavy atom. The highest BCUT2D eigenvalue weighted by molar-refractivity contribution is 5.83. The van der Waals surface area contributed by atoms with Crippen LogP contribution in [-0.2, 0) is 9.53 Å². The van der Waals surface area contributed by atoms with Gasteiger partial charge in [0.15, 0.2) is 0 Å². The number of hydrogen-bond acceptors (Lipinski definition) is 5. The van der Waals surface area contributed by atoms with Gasteiger partial charge in [-0.2, -0.15) is 0 Å². The number of fused-ring (bicyclic) bond motifs is 3. The van der Waals surface area contributed by atoms with Crippen LogP contribution in [0, 0.1) is 23.7 Å². The van der Waals surface area contributed by atoms with Gasteiger partial charge in [0.25, 0.3) is 0 Å². The van der Waals surface area contributed by atoms with Crippen molar-refractivity contribution in [3.05, 3.63) is 17.5 Å². The summed E-state index contributed by atoms with van der Waals surface area (Å²) < 4.78 is 5.45. The first-order chi connectivity index (χ1) is 12.3. The second kappa shape index (κ2) is 5.16. The molecule has 3 aliphatic carbocycles. The zero-order chi connectivity index (χ0) is 16.5. The molecule has 0 spiro atoms. The fraction of sp³-hybridized carbons (Fsp3) is 0.737. The summed E-state index contributed by atoms with van der Waals surface area (Å²) in [5.74, 6) is 3.50. The van der Waals surface area contributed by atoms with Crippen molar-refractivity contribution < 1.29 is 9.53 Å². The Bertz CT molecular complexity index is 724. The molecule has 2 bridgehead atoms. The van der Waals surface area contributed by atoms with Gasteiger partial charge in [-0.25, -0.2) is 9.97 Å². The first-order valence-corrected chi connectivity index (χ1v) is 9.78. The Morgan fingerprint density at radius 2 is 2.08 bits per heavy atom. The minimum atomic E-state index is 0.187. The van der Waals surface area contributed by atoms with Crippen molar-refractivity contribution >= 4 is 11.9 Å². The highest BCUT2D eigenvalue weighted by Crippen LogP contribution is 2.54. The Kier molecular flexibility index (Phi) is 2.99. The van der Waals surface area contributed by atoms with Crippen molar-refractivity contribution in [1.29, 1.82) is 0 Å². The van der Waals surface area contributed by atoms with E-state index in [9.17, 15) is 4.79 Å². The smallest absolute Gasteiger partial charge is 0.226 e. The van der Waals surface area contributed by atoms with Crippen LogP contribution in [-0.4, -0.2) is 47.1 Å². The van der Waals surface area contributed by atoms with E-state index in [0.717, 1.165) is 51.0 Å². The quantitative estimate of drug-likeness (QED) is 0.907. The highest BCUT2D eigenvalue weighted by atomic mass is 16.5. The number of nitrogens with zero attached hydrogens (tertiary/aromatic N) is 3.